The van der Waals surface area contributed by atoms with E-state index in [0.29, 0.717) is 29.6 Å². The summed E-state index contributed by atoms with van der Waals surface area (Å²) >= 11 is 1.23. The minimum absolute atomic E-state index is 0.268. The van der Waals surface area contributed by atoms with E-state index in [4.69, 9.17) is 9.47 Å². The fraction of sp³-hybridized carbons (Fsp3) is 0.143. The average Bonchev–Trinajstić information content (AvgIpc) is 2.46. The van der Waals surface area contributed by atoms with E-state index >= 15 is 0 Å². The second-order valence-electron chi connectivity index (χ2n) is 4.31. The van der Waals surface area contributed by atoms with Crippen LogP contribution in [0.15, 0.2) is 46.2 Å². The molecule has 2 aromatic rings. The van der Waals surface area contributed by atoms with Crippen molar-refractivity contribution in [2.75, 3.05) is 13.2 Å². The van der Waals surface area contributed by atoms with Gasteiger partial charge in [-0.1, -0.05) is 11.8 Å². The molecule has 0 saturated carbocycles. The van der Waals surface area contributed by atoms with Crippen LogP contribution >= 0.6 is 11.8 Å². The molecule has 0 bridgehead atoms. The third-order valence-corrected chi connectivity index (χ3v) is 3.78. The van der Waals surface area contributed by atoms with Crippen molar-refractivity contribution >= 4 is 17.4 Å². The molecule has 0 aliphatic carbocycles. The van der Waals surface area contributed by atoms with Crippen LogP contribution < -0.4 is 9.47 Å². The molecule has 2 aromatic carbocycles. The van der Waals surface area contributed by atoms with Crippen LogP contribution in [0.3, 0.4) is 0 Å². The van der Waals surface area contributed by atoms with Gasteiger partial charge in [-0.15, -0.1) is 0 Å². The minimum atomic E-state index is -0.635. The monoisotopic (exact) mass is 307 g/mol. The predicted molar refractivity (Wildman–Crippen MR) is 74.6 cm³/mol. The number of non-ortho nitro benzene ring substituents is 1. The van der Waals surface area contributed by atoms with E-state index in [0.717, 1.165) is 11.0 Å². The second kappa shape index (κ2) is 5.61. The van der Waals surface area contributed by atoms with Crippen molar-refractivity contribution in [3.05, 3.63) is 52.3 Å². The Bertz CT molecular complexity index is 707. The summed E-state index contributed by atoms with van der Waals surface area (Å²) < 4.78 is 24.3. The third kappa shape index (κ3) is 3.08. The van der Waals surface area contributed by atoms with Gasteiger partial charge in [-0.2, -0.15) is 0 Å². The van der Waals surface area contributed by atoms with Gasteiger partial charge in [-0.05, 0) is 24.3 Å². The Hall–Kier alpha value is -2.28. The molecule has 0 unspecified atom stereocenters. The molecule has 7 heteroatoms. The lowest BCUT2D eigenvalue weighted by Crippen LogP contribution is -2.15. The molecule has 1 aliphatic rings. The smallest absolute Gasteiger partial charge is 0.273 e. The highest BCUT2D eigenvalue weighted by Gasteiger charge is 2.14. The fourth-order valence-corrected chi connectivity index (χ4v) is 2.86. The molecule has 0 spiro atoms. The van der Waals surface area contributed by atoms with Crippen molar-refractivity contribution in [1.82, 2.24) is 0 Å². The van der Waals surface area contributed by atoms with Gasteiger partial charge in [-0.25, -0.2) is 4.39 Å². The zero-order valence-electron chi connectivity index (χ0n) is 10.7. The highest BCUT2D eigenvalue weighted by molar-refractivity contribution is 7.99. The Morgan fingerprint density at radius 1 is 1.05 bits per heavy atom. The number of fused-ring (bicyclic) bond motifs is 1. The summed E-state index contributed by atoms with van der Waals surface area (Å²) in [5.41, 5.74) is -0.268. The van der Waals surface area contributed by atoms with E-state index in [1.807, 2.05) is 0 Å². The van der Waals surface area contributed by atoms with E-state index in [1.165, 1.54) is 23.9 Å². The van der Waals surface area contributed by atoms with Crippen LogP contribution in [0, 0.1) is 15.9 Å². The Morgan fingerprint density at radius 3 is 2.57 bits per heavy atom. The number of ether oxygens (including phenoxy) is 2. The van der Waals surface area contributed by atoms with E-state index in [-0.39, 0.29) is 5.69 Å². The quantitative estimate of drug-likeness (QED) is 0.639. The first-order chi connectivity index (χ1) is 10.1. The molecule has 3 rings (SSSR count). The van der Waals surface area contributed by atoms with Gasteiger partial charge in [0.25, 0.3) is 5.69 Å². The zero-order valence-corrected chi connectivity index (χ0v) is 11.6. The number of nitro groups is 1. The number of halogens is 1. The number of benzene rings is 2. The lowest BCUT2D eigenvalue weighted by molar-refractivity contribution is -0.385. The normalized spacial score (nSPS) is 13.0. The summed E-state index contributed by atoms with van der Waals surface area (Å²) in [6.45, 7) is 0.988. The first-order valence-electron chi connectivity index (χ1n) is 6.14. The molecule has 0 N–H and O–H groups in total. The molecule has 1 aliphatic heterocycles. The molecule has 0 aromatic heterocycles. The van der Waals surface area contributed by atoms with Crippen LogP contribution in [0.2, 0.25) is 0 Å². The maximum absolute atomic E-state index is 13.4. The largest absolute Gasteiger partial charge is 0.486 e. The highest BCUT2D eigenvalue weighted by atomic mass is 32.2. The van der Waals surface area contributed by atoms with Gasteiger partial charge in [0.05, 0.1) is 11.0 Å². The van der Waals surface area contributed by atoms with Crippen LogP contribution in [0.25, 0.3) is 0 Å². The summed E-state index contributed by atoms with van der Waals surface area (Å²) in [6, 6.07) is 8.84. The minimum Gasteiger partial charge on any atom is -0.486 e. The van der Waals surface area contributed by atoms with E-state index < -0.39 is 10.7 Å². The van der Waals surface area contributed by atoms with Crippen LogP contribution in [-0.4, -0.2) is 18.1 Å². The molecule has 21 heavy (non-hydrogen) atoms. The molecular weight excluding hydrogens is 297 g/mol. The van der Waals surface area contributed by atoms with E-state index in [9.17, 15) is 14.5 Å². The summed E-state index contributed by atoms with van der Waals surface area (Å²) in [7, 11) is 0. The predicted octanol–water partition coefficient (Wildman–Crippen LogP) is 3.66. The molecular formula is C14H10FNO4S. The van der Waals surface area contributed by atoms with Crippen molar-refractivity contribution in [2.45, 2.75) is 9.79 Å². The van der Waals surface area contributed by atoms with Crippen molar-refractivity contribution in [1.29, 1.82) is 0 Å². The van der Waals surface area contributed by atoms with Gasteiger partial charge in [-0.3, -0.25) is 10.1 Å². The van der Waals surface area contributed by atoms with Crippen LogP contribution in [0.4, 0.5) is 10.1 Å². The van der Waals surface area contributed by atoms with Gasteiger partial charge in [0.1, 0.15) is 19.0 Å². The summed E-state index contributed by atoms with van der Waals surface area (Å²) in [5.74, 6) is 0.650. The summed E-state index contributed by atoms with van der Waals surface area (Å²) in [5, 5.41) is 10.7. The van der Waals surface area contributed by atoms with Crippen molar-refractivity contribution in [3.8, 4) is 11.5 Å². The Labute approximate surface area is 123 Å². The van der Waals surface area contributed by atoms with Gasteiger partial charge in [0, 0.05) is 15.9 Å². The number of nitro benzene ring substituents is 1. The van der Waals surface area contributed by atoms with Crippen LogP contribution in [-0.2, 0) is 0 Å². The lowest BCUT2D eigenvalue weighted by Gasteiger charge is -2.18. The van der Waals surface area contributed by atoms with Gasteiger partial charge >= 0.3 is 0 Å². The van der Waals surface area contributed by atoms with Gasteiger partial charge in [0.2, 0.25) is 0 Å². The zero-order chi connectivity index (χ0) is 14.8. The van der Waals surface area contributed by atoms with E-state index in [2.05, 4.69) is 0 Å². The lowest BCUT2D eigenvalue weighted by atomic mass is 10.3. The molecule has 1 heterocycles. The first kappa shape index (κ1) is 13.7. The third-order valence-electron chi connectivity index (χ3n) is 2.82. The number of hydrogen-bond donors (Lipinski definition) is 0. The van der Waals surface area contributed by atoms with E-state index in [1.54, 1.807) is 18.2 Å². The van der Waals surface area contributed by atoms with Crippen LogP contribution in [0.5, 0.6) is 11.5 Å². The number of nitrogens with zero attached hydrogens (tertiary/aromatic N) is 1. The number of rotatable bonds is 3. The number of hydrogen-bond acceptors (Lipinski definition) is 5. The first-order valence-corrected chi connectivity index (χ1v) is 6.96. The maximum Gasteiger partial charge on any atom is 0.273 e. The topological polar surface area (TPSA) is 61.6 Å². The fourth-order valence-electron chi connectivity index (χ4n) is 1.94. The molecule has 5 nitrogen and oxygen atoms in total. The van der Waals surface area contributed by atoms with Crippen LogP contribution in [0.1, 0.15) is 0 Å². The Morgan fingerprint density at radius 2 is 1.81 bits per heavy atom. The summed E-state index contributed by atoms with van der Waals surface area (Å²) in [4.78, 5) is 11.4. The van der Waals surface area contributed by atoms with Crippen molar-refractivity contribution < 1.29 is 18.8 Å². The average molecular weight is 307 g/mol. The second-order valence-corrected chi connectivity index (χ2v) is 5.46. The molecule has 0 amide bonds. The molecule has 0 saturated heterocycles. The Kier molecular flexibility index (Phi) is 3.66. The SMILES string of the molecule is O=[N+]([O-])c1cc(F)cc(Sc2ccc3c(c2)OCCO3)c1. The molecule has 0 radical (unpaired) electrons. The summed E-state index contributed by atoms with van der Waals surface area (Å²) in [6.07, 6.45) is 0. The maximum atomic E-state index is 13.4. The molecule has 0 atom stereocenters. The van der Waals surface area contributed by atoms with Crippen molar-refractivity contribution in [2.24, 2.45) is 0 Å². The standard InChI is InChI=1S/C14H10FNO4S/c15-9-5-10(16(17)18)7-12(6-9)21-11-1-2-13-14(8-11)20-4-3-19-13/h1-2,5-8H,3-4H2. The highest BCUT2D eigenvalue weighted by Crippen LogP contribution is 2.37. The van der Waals surface area contributed by atoms with Gasteiger partial charge in [0.15, 0.2) is 11.5 Å². The molecule has 0 fully saturated rings. The molecule has 108 valence electrons. The Balaban J connectivity index is 1.88. The van der Waals surface area contributed by atoms with Gasteiger partial charge < -0.3 is 9.47 Å². The van der Waals surface area contributed by atoms with Crippen molar-refractivity contribution in [3.63, 3.8) is 0 Å².